The number of hydrogen-bond donors (Lipinski definition) is 1. The van der Waals surface area contributed by atoms with Gasteiger partial charge in [-0.15, -0.1) is 0 Å². The minimum absolute atomic E-state index is 0.148. The Morgan fingerprint density at radius 2 is 2.15 bits per heavy atom. The molecule has 0 radical (unpaired) electrons. The van der Waals surface area contributed by atoms with Crippen LogP contribution in [0.4, 0.5) is 5.69 Å². The molecular formula is C17H26ClNO. The summed E-state index contributed by atoms with van der Waals surface area (Å²) in [6.45, 7) is 7.42. The molecule has 2 unspecified atom stereocenters. The molecule has 3 heteroatoms. The second-order valence-electron chi connectivity index (χ2n) is 6.33. The summed E-state index contributed by atoms with van der Waals surface area (Å²) in [6.07, 6.45) is 5.60. The van der Waals surface area contributed by atoms with Crippen LogP contribution in [0, 0.1) is 11.8 Å². The topological polar surface area (TPSA) is 21.3 Å². The van der Waals surface area contributed by atoms with Gasteiger partial charge in [0.15, 0.2) is 0 Å². The summed E-state index contributed by atoms with van der Waals surface area (Å²) in [7, 11) is 0. The van der Waals surface area contributed by atoms with E-state index in [1.807, 2.05) is 26.0 Å². The van der Waals surface area contributed by atoms with Crippen molar-refractivity contribution in [3.05, 3.63) is 23.2 Å². The molecule has 112 valence electrons. The van der Waals surface area contributed by atoms with Crippen molar-refractivity contribution in [2.75, 3.05) is 11.9 Å². The monoisotopic (exact) mass is 295 g/mol. The van der Waals surface area contributed by atoms with Crippen molar-refractivity contribution in [1.82, 2.24) is 0 Å². The summed E-state index contributed by atoms with van der Waals surface area (Å²) in [5.74, 6) is 2.43. The van der Waals surface area contributed by atoms with Crippen molar-refractivity contribution in [2.45, 2.75) is 52.6 Å². The molecule has 0 spiro atoms. The Kier molecular flexibility index (Phi) is 5.59. The average Bonchev–Trinajstić information content (AvgIpc) is 2.39. The van der Waals surface area contributed by atoms with Gasteiger partial charge in [0, 0.05) is 12.2 Å². The number of anilines is 1. The summed E-state index contributed by atoms with van der Waals surface area (Å²) in [4.78, 5) is 0. The molecule has 1 N–H and O–H groups in total. The van der Waals surface area contributed by atoms with Crippen molar-refractivity contribution in [2.24, 2.45) is 11.8 Å². The Morgan fingerprint density at radius 1 is 1.35 bits per heavy atom. The van der Waals surface area contributed by atoms with Gasteiger partial charge in [0.25, 0.3) is 0 Å². The van der Waals surface area contributed by atoms with Gasteiger partial charge in [0.1, 0.15) is 5.75 Å². The molecule has 1 aromatic rings. The molecular weight excluding hydrogens is 270 g/mol. The van der Waals surface area contributed by atoms with Gasteiger partial charge < -0.3 is 10.1 Å². The maximum atomic E-state index is 6.25. The Labute approximate surface area is 127 Å². The molecule has 2 atom stereocenters. The van der Waals surface area contributed by atoms with Crippen molar-refractivity contribution in [3.8, 4) is 5.75 Å². The number of hydrogen-bond acceptors (Lipinski definition) is 2. The van der Waals surface area contributed by atoms with Crippen LogP contribution in [-0.4, -0.2) is 12.6 Å². The fourth-order valence-corrected chi connectivity index (χ4v) is 3.19. The first-order valence-electron chi connectivity index (χ1n) is 7.74. The van der Waals surface area contributed by atoms with Gasteiger partial charge in [-0.1, -0.05) is 31.4 Å². The van der Waals surface area contributed by atoms with E-state index in [1.165, 1.54) is 25.7 Å². The molecule has 1 saturated carbocycles. The van der Waals surface area contributed by atoms with Crippen LogP contribution in [0.2, 0.25) is 5.02 Å². The second-order valence-corrected chi connectivity index (χ2v) is 6.74. The number of benzene rings is 1. The van der Waals surface area contributed by atoms with Crippen LogP contribution >= 0.6 is 11.6 Å². The van der Waals surface area contributed by atoms with Gasteiger partial charge in [-0.05, 0) is 56.7 Å². The zero-order valence-electron chi connectivity index (χ0n) is 12.8. The number of rotatable bonds is 5. The van der Waals surface area contributed by atoms with E-state index in [-0.39, 0.29) is 6.10 Å². The lowest BCUT2D eigenvalue weighted by molar-refractivity contribution is 0.242. The van der Waals surface area contributed by atoms with Crippen LogP contribution in [0.25, 0.3) is 0 Å². The third-order valence-electron chi connectivity index (χ3n) is 3.93. The standard InChI is InChI=1S/C17H26ClNO/c1-12(2)20-17-8-7-15(10-16(17)18)19-11-14-6-4-5-13(3)9-14/h7-8,10,12-14,19H,4-6,9,11H2,1-3H3. The van der Waals surface area contributed by atoms with Gasteiger partial charge in [-0.2, -0.15) is 0 Å². The summed E-state index contributed by atoms with van der Waals surface area (Å²) in [5.41, 5.74) is 1.09. The fourth-order valence-electron chi connectivity index (χ4n) is 2.97. The highest BCUT2D eigenvalue weighted by Gasteiger charge is 2.18. The predicted octanol–water partition coefficient (Wildman–Crippen LogP) is 5.37. The maximum Gasteiger partial charge on any atom is 0.138 e. The molecule has 1 aliphatic carbocycles. The van der Waals surface area contributed by atoms with Crippen molar-refractivity contribution < 1.29 is 4.74 Å². The van der Waals surface area contributed by atoms with Gasteiger partial charge in [0.05, 0.1) is 11.1 Å². The Bertz CT molecular complexity index is 433. The van der Waals surface area contributed by atoms with E-state index in [4.69, 9.17) is 16.3 Å². The number of nitrogens with one attached hydrogen (secondary N) is 1. The quantitative estimate of drug-likeness (QED) is 0.789. The lowest BCUT2D eigenvalue weighted by Crippen LogP contribution is -2.21. The summed E-state index contributed by atoms with van der Waals surface area (Å²) in [5, 5.41) is 4.20. The molecule has 2 rings (SSSR count). The summed E-state index contributed by atoms with van der Waals surface area (Å²) < 4.78 is 5.65. The SMILES string of the molecule is CC1CCCC(CNc2ccc(OC(C)C)c(Cl)c2)C1. The number of halogens is 1. The lowest BCUT2D eigenvalue weighted by Gasteiger charge is -2.27. The van der Waals surface area contributed by atoms with E-state index >= 15 is 0 Å². The van der Waals surface area contributed by atoms with Crippen LogP contribution in [0.3, 0.4) is 0 Å². The van der Waals surface area contributed by atoms with Crippen molar-refractivity contribution in [3.63, 3.8) is 0 Å². The molecule has 1 aromatic carbocycles. The average molecular weight is 296 g/mol. The lowest BCUT2D eigenvalue weighted by atomic mass is 9.82. The molecule has 2 nitrogen and oxygen atoms in total. The van der Waals surface area contributed by atoms with Crippen LogP contribution in [0.15, 0.2) is 18.2 Å². The highest BCUT2D eigenvalue weighted by atomic mass is 35.5. The van der Waals surface area contributed by atoms with E-state index < -0.39 is 0 Å². The van der Waals surface area contributed by atoms with E-state index in [2.05, 4.69) is 18.3 Å². The molecule has 20 heavy (non-hydrogen) atoms. The van der Waals surface area contributed by atoms with Gasteiger partial charge >= 0.3 is 0 Å². The molecule has 0 aromatic heterocycles. The fraction of sp³-hybridized carbons (Fsp3) is 0.647. The smallest absolute Gasteiger partial charge is 0.138 e. The molecule has 0 aliphatic heterocycles. The molecule has 0 heterocycles. The first-order valence-corrected chi connectivity index (χ1v) is 8.12. The van der Waals surface area contributed by atoms with Crippen LogP contribution in [-0.2, 0) is 0 Å². The molecule has 0 amide bonds. The van der Waals surface area contributed by atoms with Gasteiger partial charge in [0.2, 0.25) is 0 Å². The minimum Gasteiger partial charge on any atom is -0.489 e. The third-order valence-corrected chi connectivity index (χ3v) is 4.23. The maximum absolute atomic E-state index is 6.25. The minimum atomic E-state index is 0.148. The van der Waals surface area contributed by atoms with Gasteiger partial charge in [-0.3, -0.25) is 0 Å². The van der Waals surface area contributed by atoms with E-state index in [1.54, 1.807) is 0 Å². The summed E-state index contributed by atoms with van der Waals surface area (Å²) in [6, 6.07) is 5.97. The van der Waals surface area contributed by atoms with Crippen molar-refractivity contribution >= 4 is 17.3 Å². The molecule has 0 saturated heterocycles. The second kappa shape index (κ2) is 7.21. The van der Waals surface area contributed by atoms with Crippen LogP contribution in [0.5, 0.6) is 5.75 Å². The van der Waals surface area contributed by atoms with Crippen molar-refractivity contribution in [1.29, 1.82) is 0 Å². The Hall–Kier alpha value is -0.890. The van der Waals surface area contributed by atoms with E-state index in [0.29, 0.717) is 5.02 Å². The van der Waals surface area contributed by atoms with E-state index in [0.717, 1.165) is 29.8 Å². The summed E-state index contributed by atoms with van der Waals surface area (Å²) >= 11 is 6.25. The molecule has 0 bridgehead atoms. The largest absolute Gasteiger partial charge is 0.489 e. The zero-order valence-corrected chi connectivity index (χ0v) is 13.5. The predicted molar refractivity (Wildman–Crippen MR) is 86.8 cm³/mol. The first kappa shape index (κ1) is 15.5. The highest BCUT2D eigenvalue weighted by Crippen LogP contribution is 2.31. The first-order chi connectivity index (χ1) is 9.54. The Morgan fingerprint density at radius 3 is 2.80 bits per heavy atom. The van der Waals surface area contributed by atoms with Crippen LogP contribution in [0.1, 0.15) is 46.5 Å². The van der Waals surface area contributed by atoms with Gasteiger partial charge in [-0.25, -0.2) is 0 Å². The normalized spacial score (nSPS) is 22.9. The highest BCUT2D eigenvalue weighted by molar-refractivity contribution is 6.32. The zero-order chi connectivity index (χ0) is 14.5. The van der Waals surface area contributed by atoms with Crippen LogP contribution < -0.4 is 10.1 Å². The van der Waals surface area contributed by atoms with E-state index in [9.17, 15) is 0 Å². The number of ether oxygens (including phenoxy) is 1. The third kappa shape index (κ3) is 4.59. The Balaban J connectivity index is 1.88. The molecule has 1 aliphatic rings. The molecule has 1 fully saturated rings.